The Balaban J connectivity index is 1.98. The number of hydrogen-bond acceptors (Lipinski definition) is 4. The predicted octanol–water partition coefficient (Wildman–Crippen LogP) is 4.82. The molecular formula is C17H11BrClN3O3. The van der Waals surface area contributed by atoms with Crippen LogP contribution in [0.25, 0.3) is 6.08 Å². The molecule has 2 aromatic carbocycles. The molecule has 0 spiro atoms. The fourth-order valence-electron chi connectivity index (χ4n) is 2.39. The molecule has 1 aliphatic rings. The minimum absolute atomic E-state index is 0.0684. The quantitative estimate of drug-likeness (QED) is 0.406. The molecule has 0 aromatic heterocycles. The van der Waals surface area contributed by atoms with Gasteiger partial charge in [-0.05, 0) is 58.8 Å². The van der Waals surface area contributed by atoms with Crippen LogP contribution in [0, 0.1) is 10.1 Å². The van der Waals surface area contributed by atoms with Gasteiger partial charge in [0.15, 0.2) is 0 Å². The third-order valence-corrected chi connectivity index (χ3v) is 4.50. The maximum Gasteiger partial charge on any atom is 0.284 e. The van der Waals surface area contributed by atoms with Crippen molar-refractivity contribution in [3.63, 3.8) is 0 Å². The molecule has 0 N–H and O–H groups in total. The average molecular weight is 421 g/mol. The molecular weight excluding hydrogens is 410 g/mol. The van der Waals surface area contributed by atoms with Gasteiger partial charge in [-0.25, -0.2) is 0 Å². The normalized spacial score (nSPS) is 15.6. The molecule has 1 amide bonds. The van der Waals surface area contributed by atoms with Crippen molar-refractivity contribution in [1.29, 1.82) is 0 Å². The van der Waals surface area contributed by atoms with Crippen molar-refractivity contribution in [2.75, 3.05) is 5.01 Å². The highest BCUT2D eigenvalue weighted by atomic mass is 79.9. The number of nitro benzene ring substituents is 1. The van der Waals surface area contributed by atoms with Crippen molar-refractivity contribution >= 4 is 56.6 Å². The Kier molecular flexibility index (Phi) is 4.69. The lowest BCUT2D eigenvalue weighted by molar-refractivity contribution is -0.385. The van der Waals surface area contributed by atoms with Crippen LogP contribution in [-0.4, -0.2) is 16.5 Å². The van der Waals surface area contributed by atoms with Crippen LogP contribution in [0.3, 0.4) is 0 Å². The molecule has 0 fully saturated rings. The molecule has 1 aliphatic heterocycles. The van der Waals surface area contributed by atoms with Gasteiger partial charge in [0.25, 0.3) is 11.6 Å². The number of anilines is 1. The van der Waals surface area contributed by atoms with E-state index in [1.165, 1.54) is 11.1 Å². The Morgan fingerprint density at radius 3 is 2.72 bits per heavy atom. The second-order valence-corrected chi connectivity index (χ2v) is 6.60. The molecule has 0 saturated heterocycles. The first kappa shape index (κ1) is 17.3. The molecule has 0 radical (unpaired) electrons. The number of nitrogens with zero attached hydrogens (tertiary/aromatic N) is 3. The summed E-state index contributed by atoms with van der Waals surface area (Å²) >= 11 is 9.11. The van der Waals surface area contributed by atoms with Gasteiger partial charge in [0, 0.05) is 11.1 Å². The molecule has 8 heteroatoms. The molecule has 126 valence electrons. The van der Waals surface area contributed by atoms with Crippen LogP contribution in [0.1, 0.15) is 12.5 Å². The maximum absolute atomic E-state index is 12.7. The summed E-state index contributed by atoms with van der Waals surface area (Å²) in [5.74, 6) is -0.315. The lowest BCUT2D eigenvalue weighted by Crippen LogP contribution is -2.21. The van der Waals surface area contributed by atoms with Crippen LogP contribution in [0.4, 0.5) is 11.4 Å². The van der Waals surface area contributed by atoms with Gasteiger partial charge in [-0.2, -0.15) is 10.1 Å². The topological polar surface area (TPSA) is 75.8 Å². The third kappa shape index (κ3) is 3.47. The van der Waals surface area contributed by atoms with Crippen LogP contribution < -0.4 is 5.01 Å². The van der Waals surface area contributed by atoms with E-state index >= 15 is 0 Å². The molecule has 1 heterocycles. The predicted molar refractivity (Wildman–Crippen MR) is 101 cm³/mol. The van der Waals surface area contributed by atoms with Gasteiger partial charge in [0.05, 0.1) is 26.4 Å². The molecule has 3 rings (SSSR count). The first-order chi connectivity index (χ1) is 11.9. The minimum atomic E-state index is -0.484. The Labute approximate surface area is 156 Å². The number of carbonyl (C=O) groups is 1. The third-order valence-electron chi connectivity index (χ3n) is 3.59. The lowest BCUT2D eigenvalue weighted by atomic mass is 10.1. The van der Waals surface area contributed by atoms with E-state index in [-0.39, 0.29) is 11.6 Å². The SMILES string of the molecule is CC1=NN(c2cccc(Cl)c2)C(=O)C1=Cc1ccc(Br)c([N+](=O)[O-])c1. The molecule has 0 bridgehead atoms. The van der Waals surface area contributed by atoms with E-state index in [1.807, 2.05) is 0 Å². The van der Waals surface area contributed by atoms with Gasteiger partial charge in [0.1, 0.15) is 0 Å². The number of nitro groups is 1. The first-order valence-electron chi connectivity index (χ1n) is 7.18. The van der Waals surface area contributed by atoms with Gasteiger partial charge in [0.2, 0.25) is 0 Å². The number of carbonyl (C=O) groups excluding carboxylic acids is 1. The summed E-state index contributed by atoms with van der Waals surface area (Å²) < 4.78 is 0.378. The second kappa shape index (κ2) is 6.78. The maximum atomic E-state index is 12.7. The summed E-state index contributed by atoms with van der Waals surface area (Å²) in [6.07, 6.45) is 1.59. The number of amides is 1. The van der Waals surface area contributed by atoms with Gasteiger partial charge in [-0.15, -0.1) is 0 Å². The average Bonchev–Trinajstić information content (AvgIpc) is 2.84. The van der Waals surface area contributed by atoms with E-state index in [0.717, 1.165) is 0 Å². The number of rotatable bonds is 3. The summed E-state index contributed by atoms with van der Waals surface area (Å²) in [6.45, 7) is 1.71. The number of hydrazone groups is 1. The first-order valence-corrected chi connectivity index (χ1v) is 8.35. The molecule has 0 saturated carbocycles. The largest absolute Gasteiger partial charge is 0.284 e. The fraction of sp³-hybridized carbons (Fsp3) is 0.0588. The van der Waals surface area contributed by atoms with Gasteiger partial charge < -0.3 is 0 Å². The van der Waals surface area contributed by atoms with Crippen molar-refractivity contribution < 1.29 is 9.72 Å². The van der Waals surface area contributed by atoms with Crippen LogP contribution >= 0.6 is 27.5 Å². The summed E-state index contributed by atoms with van der Waals surface area (Å²) in [4.78, 5) is 23.2. The van der Waals surface area contributed by atoms with Gasteiger partial charge >= 0.3 is 0 Å². The zero-order valence-corrected chi connectivity index (χ0v) is 15.3. The van der Waals surface area contributed by atoms with E-state index in [2.05, 4.69) is 21.0 Å². The molecule has 0 atom stereocenters. The molecule has 25 heavy (non-hydrogen) atoms. The van der Waals surface area contributed by atoms with Gasteiger partial charge in [-0.3, -0.25) is 14.9 Å². The summed E-state index contributed by atoms with van der Waals surface area (Å²) in [5, 5.41) is 17.1. The van der Waals surface area contributed by atoms with E-state index < -0.39 is 4.92 Å². The minimum Gasteiger partial charge on any atom is -0.267 e. The number of halogens is 2. The van der Waals surface area contributed by atoms with E-state index in [1.54, 1.807) is 49.4 Å². The number of benzene rings is 2. The standard InChI is InChI=1S/C17H11BrClN3O3/c1-10-14(7-11-5-6-15(18)16(8-11)22(24)25)17(23)21(20-10)13-4-2-3-12(19)9-13/h2-9H,1H3. The second-order valence-electron chi connectivity index (χ2n) is 5.31. The highest BCUT2D eigenvalue weighted by Crippen LogP contribution is 2.29. The highest BCUT2D eigenvalue weighted by molar-refractivity contribution is 9.10. The Morgan fingerprint density at radius 2 is 2.04 bits per heavy atom. The van der Waals surface area contributed by atoms with E-state index in [4.69, 9.17) is 11.6 Å². The molecule has 2 aromatic rings. The Bertz CT molecular complexity index is 956. The fourth-order valence-corrected chi connectivity index (χ4v) is 2.97. The van der Waals surface area contributed by atoms with Crippen LogP contribution in [-0.2, 0) is 4.79 Å². The van der Waals surface area contributed by atoms with Crippen LogP contribution in [0.15, 0.2) is 57.6 Å². The van der Waals surface area contributed by atoms with Gasteiger partial charge in [-0.1, -0.05) is 23.7 Å². The van der Waals surface area contributed by atoms with E-state index in [9.17, 15) is 14.9 Å². The van der Waals surface area contributed by atoms with Crippen molar-refractivity contribution in [1.82, 2.24) is 0 Å². The Morgan fingerprint density at radius 1 is 1.28 bits per heavy atom. The summed E-state index contributed by atoms with van der Waals surface area (Å²) in [6, 6.07) is 11.5. The molecule has 0 unspecified atom stereocenters. The van der Waals surface area contributed by atoms with Crippen molar-refractivity contribution in [3.05, 3.63) is 73.2 Å². The molecule has 0 aliphatic carbocycles. The van der Waals surface area contributed by atoms with E-state index in [0.29, 0.717) is 32.0 Å². The summed E-state index contributed by atoms with van der Waals surface area (Å²) in [5.41, 5.74) is 1.93. The summed E-state index contributed by atoms with van der Waals surface area (Å²) in [7, 11) is 0. The van der Waals surface area contributed by atoms with Crippen molar-refractivity contribution in [2.24, 2.45) is 5.10 Å². The molecule has 6 nitrogen and oxygen atoms in total. The number of hydrogen-bond donors (Lipinski definition) is 0. The Hall–Kier alpha value is -2.51. The zero-order valence-electron chi connectivity index (χ0n) is 12.9. The van der Waals surface area contributed by atoms with Crippen molar-refractivity contribution in [3.8, 4) is 0 Å². The highest BCUT2D eigenvalue weighted by Gasteiger charge is 2.29. The van der Waals surface area contributed by atoms with Crippen molar-refractivity contribution in [2.45, 2.75) is 6.92 Å². The zero-order chi connectivity index (χ0) is 18.1. The smallest absolute Gasteiger partial charge is 0.267 e. The monoisotopic (exact) mass is 419 g/mol. The van der Waals surface area contributed by atoms with Crippen LogP contribution in [0.5, 0.6) is 0 Å². The van der Waals surface area contributed by atoms with Crippen LogP contribution in [0.2, 0.25) is 5.02 Å². The lowest BCUT2D eigenvalue weighted by Gasteiger charge is -2.11.